The van der Waals surface area contributed by atoms with Gasteiger partial charge in [0.25, 0.3) is 6.01 Å². The molecule has 0 bridgehead atoms. The SMILES string of the molecule is O=C(O)c1coc(NCCCCn2ccnc2)n1. The van der Waals surface area contributed by atoms with E-state index in [1.165, 1.54) is 0 Å². The summed E-state index contributed by atoms with van der Waals surface area (Å²) in [5, 5.41) is 11.6. The lowest BCUT2D eigenvalue weighted by molar-refractivity contribution is 0.0690. The number of anilines is 1. The van der Waals surface area contributed by atoms with Gasteiger partial charge in [0, 0.05) is 25.5 Å². The van der Waals surface area contributed by atoms with Crippen molar-refractivity contribution in [3.63, 3.8) is 0 Å². The number of rotatable bonds is 7. The van der Waals surface area contributed by atoms with Gasteiger partial charge in [0.05, 0.1) is 6.33 Å². The van der Waals surface area contributed by atoms with Crippen molar-refractivity contribution in [2.24, 2.45) is 0 Å². The van der Waals surface area contributed by atoms with Crippen LogP contribution in [0, 0.1) is 0 Å². The van der Waals surface area contributed by atoms with Gasteiger partial charge in [0.1, 0.15) is 6.26 Å². The van der Waals surface area contributed by atoms with Gasteiger partial charge in [-0.1, -0.05) is 0 Å². The summed E-state index contributed by atoms with van der Waals surface area (Å²) in [6.45, 7) is 1.60. The fourth-order valence-corrected chi connectivity index (χ4v) is 1.49. The van der Waals surface area contributed by atoms with E-state index >= 15 is 0 Å². The van der Waals surface area contributed by atoms with Crippen LogP contribution in [0.4, 0.5) is 6.01 Å². The molecule has 0 amide bonds. The molecule has 2 heterocycles. The third kappa shape index (κ3) is 3.34. The second-order valence-corrected chi connectivity index (χ2v) is 3.78. The molecule has 0 saturated heterocycles. The highest BCUT2D eigenvalue weighted by Crippen LogP contribution is 2.07. The quantitative estimate of drug-likeness (QED) is 0.722. The molecule has 0 aliphatic heterocycles. The minimum atomic E-state index is -1.09. The first kappa shape index (κ1) is 12.2. The first-order valence-corrected chi connectivity index (χ1v) is 5.64. The van der Waals surface area contributed by atoms with Crippen molar-refractivity contribution in [1.82, 2.24) is 14.5 Å². The van der Waals surface area contributed by atoms with Crippen LogP contribution < -0.4 is 5.32 Å². The van der Waals surface area contributed by atoms with Gasteiger partial charge >= 0.3 is 5.97 Å². The summed E-state index contributed by atoms with van der Waals surface area (Å²) in [7, 11) is 0. The summed E-state index contributed by atoms with van der Waals surface area (Å²) >= 11 is 0. The molecular weight excluding hydrogens is 236 g/mol. The summed E-state index contributed by atoms with van der Waals surface area (Å²) in [5.41, 5.74) is -0.0871. The van der Waals surface area contributed by atoms with E-state index in [0.717, 1.165) is 25.6 Å². The maximum Gasteiger partial charge on any atom is 0.357 e. The van der Waals surface area contributed by atoms with Crippen LogP contribution in [0.3, 0.4) is 0 Å². The van der Waals surface area contributed by atoms with Gasteiger partial charge in [0.2, 0.25) is 0 Å². The fourth-order valence-electron chi connectivity index (χ4n) is 1.49. The summed E-state index contributed by atoms with van der Waals surface area (Å²) in [6.07, 6.45) is 8.49. The smallest absolute Gasteiger partial charge is 0.357 e. The molecule has 0 unspecified atom stereocenters. The van der Waals surface area contributed by atoms with Gasteiger partial charge in [0.15, 0.2) is 5.69 Å². The van der Waals surface area contributed by atoms with Crippen LogP contribution in [0.5, 0.6) is 0 Å². The zero-order valence-electron chi connectivity index (χ0n) is 9.74. The second kappa shape index (κ2) is 5.85. The second-order valence-electron chi connectivity index (χ2n) is 3.78. The predicted molar refractivity (Wildman–Crippen MR) is 63.4 cm³/mol. The third-order valence-electron chi connectivity index (χ3n) is 2.40. The van der Waals surface area contributed by atoms with Gasteiger partial charge in [-0.3, -0.25) is 0 Å². The Morgan fingerprint density at radius 3 is 3.06 bits per heavy atom. The molecule has 7 nitrogen and oxygen atoms in total. The third-order valence-corrected chi connectivity index (χ3v) is 2.40. The lowest BCUT2D eigenvalue weighted by Crippen LogP contribution is -2.04. The van der Waals surface area contributed by atoms with E-state index in [1.54, 1.807) is 12.5 Å². The number of aromatic nitrogens is 3. The van der Waals surface area contributed by atoms with Gasteiger partial charge < -0.3 is 19.4 Å². The standard InChI is InChI=1S/C11H14N4O3/c16-10(17)9-7-18-11(14-9)13-3-1-2-5-15-6-4-12-8-15/h4,6-8H,1-3,5H2,(H,13,14)(H,16,17). The molecule has 0 saturated carbocycles. The molecule has 0 radical (unpaired) electrons. The van der Waals surface area contributed by atoms with E-state index in [9.17, 15) is 4.79 Å². The van der Waals surface area contributed by atoms with E-state index in [0.29, 0.717) is 6.54 Å². The highest BCUT2D eigenvalue weighted by molar-refractivity contribution is 5.85. The van der Waals surface area contributed by atoms with E-state index in [2.05, 4.69) is 15.3 Å². The molecule has 0 aromatic carbocycles. The van der Waals surface area contributed by atoms with Crippen molar-refractivity contribution in [1.29, 1.82) is 0 Å². The Balaban J connectivity index is 1.64. The van der Waals surface area contributed by atoms with Crippen molar-refractivity contribution < 1.29 is 14.3 Å². The predicted octanol–water partition coefficient (Wildman–Crippen LogP) is 1.46. The zero-order valence-corrected chi connectivity index (χ0v) is 9.74. The number of oxazole rings is 1. The average Bonchev–Trinajstić information content (AvgIpc) is 2.98. The minimum Gasteiger partial charge on any atom is -0.476 e. The van der Waals surface area contributed by atoms with Crippen LogP contribution in [-0.4, -0.2) is 32.2 Å². The molecule has 2 N–H and O–H groups in total. The Morgan fingerprint density at radius 1 is 1.50 bits per heavy atom. The number of carbonyl (C=O) groups is 1. The van der Waals surface area contributed by atoms with E-state index < -0.39 is 5.97 Å². The summed E-state index contributed by atoms with van der Waals surface area (Å²) in [5.74, 6) is -1.09. The highest BCUT2D eigenvalue weighted by Gasteiger charge is 2.09. The molecule has 0 spiro atoms. The normalized spacial score (nSPS) is 10.4. The Kier molecular flexibility index (Phi) is 3.95. The highest BCUT2D eigenvalue weighted by atomic mass is 16.4. The van der Waals surface area contributed by atoms with Crippen molar-refractivity contribution in [3.05, 3.63) is 30.7 Å². The van der Waals surface area contributed by atoms with Crippen LogP contribution in [0.1, 0.15) is 23.3 Å². The molecule has 7 heteroatoms. The van der Waals surface area contributed by atoms with Crippen LogP contribution in [0.2, 0.25) is 0 Å². The molecule has 2 rings (SSSR count). The Hall–Kier alpha value is -2.31. The molecule has 2 aromatic heterocycles. The summed E-state index contributed by atoms with van der Waals surface area (Å²) in [4.78, 5) is 18.3. The number of nitrogens with zero attached hydrogens (tertiary/aromatic N) is 3. The lowest BCUT2D eigenvalue weighted by atomic mass is 10.3. The van der Waals surface area contributed by atoms with Crippen LogP contribution >= 0.6 is 0 Å². The van der Waals surface area contributed by atoms with Crippen LogP contribution in [0.25, 0.3) is 0 Å². The lowest BCUT2D eigenvalue weighted by Gasteiger charge is -2.02. The molecule has 2 aromatic rings. The maximum atomic E-state index is 10.6. The fraction of sp³-hybridized carbons (Fsp3) is 0.364. The molecule has 0 atom stereocenters. The van der Waals surface area contributed by atoms with E-state index in [4.69, 9.17) is 9.52 Å². The van der Waals surface area contributed by atoms with Crippen molar-refractivity contribution in [2.75, 3.05) is 11.9 Å². The molecule has 0 aliphatic carbocycles. The number of hydrogen-bond donors (Lipinski definition) is 2. The minimum absolute atomic E-state index is 0.0871. The number of nitrogens with one attached hydrogen (secondary N) is 1. The molecule has 0 fully saturated rings. The number of aryl methyl sites for hydroxylation is 1. The number of carboxylic acids is 1. The monoisotopic (exact) mass is 250 g/mol. The van der Waals surface area contributed by atoms with Gasteiger partial charge in [-0.25, -0.2) is 9.78 Å². The van der Waals surface area contributed by atoms with Crippen LogP contribution in [-0.2, 0) is 6.54 Å². The van der Waals surface area contributed by atoms with Gasteiger partial charge in [-0.05, 0) is 12.8 Å². The maximum absolute atomic E-state index is 10.6. The largest absolute Gasteiger partial charge is 0.476 e. The summed E-state index contributed by atoms with van der Waals surface area (Å²) in [6, 6.07) is 0.245. The Labute approximate surface area is 103 Å². The average molecular weight is 250 g/mol. The number of carboxylic acid groups (broad SMARTS) is 1. The molecular formula is C11H14N4O3. The Morgan fingerprint density at radius 2 is 2.39 bits per heavy atom. The molecule has 18 heavy (non-hydrogen) atoms. The number of hydrogen-bond acceptors (Lipinski definition) is 5. The van der Waals surface area contributed by atoms with Crippen molar-refractivity contribution in [3.8, 4) is 0 Å². The number of aromatic carboxylic acids is 1. The first-order chi connectivity index (χ1) is 8.75. The van der Waals surface area contributed by atoms with Gasteiger partial charge in [-0.15, -0.1) is 0 Å². The number of unbranched alkanes of at least 4 members (excludes halogenated alkanes) is 1. The topological polar surface area (TPSA) is 93.2 Å². The van der Waals surface area contributed by atoms with E-state index in [1.807, 2.05) is 10.8 Å². The first-order valence-electron chi connectivity index (χ1n) is 5.64. The zero-order chi connectivity index (χ0) is 12.8. The Bertz CT molecular complexity index is 492. The van der Waals surface area contributed by atoms with Crippen molar-refractivity contribution >= 4 is 12.0 Å². The summed E-state index contributed by atoms with van der Waals surface area (Å²) < 4.78 is 6.97. The molecule has 96 valence electrons. The van der Waals surface area contributed by atoms with Gasteiger partial charge in [-0.2, -0.15) is 4.98 Å². The molecule has 0 aliphatic rings. The van der Waals surface area contributed by atoms with E-state index in [-0.39, 0.29) is 11.7 Å². The van der Waals surface area contributed by atoms with Crippen molar-refractivity contribution in [2.45, 2.75) is 19.4 Å². The van der Waals surface area contributed by atoms with Crippen LogP contribution in [0.15, 0.2) is 29.4 Å². The number of imidazole rings is 1.